The third kappa shape index (κ3) is 4.25. The molecule has 0 saturated carbocycles. The normalized spacial score (nSPS) is 16.6. The number of carbonyl (C=O) groups excluding carboxylic acids is 3. The minimum atomic E-state index is -4.47. The molecule has 0 aliphatic carbocycles. The van der Waals surface area contributed by atoms with Crippen LogP contribution in [0.5, 0.6) is 0 Å². The van der Waals surface area contributed by atoms with Crippen LogP contribution in [-0.4, -0.2) is 23.8 Å². The number of nitrogens with one attached hydrogen (secondary N) is 3. The van der Waals surface area contributed by atoms with Crippen molar-refractivity contribution in [1.82, 2.24) is 5.32 Å². The van der Waals surface area contributed by atoms with Gasteiger partial charge in [0.25, 0.3) is 5.91 Å². The molecule has 3 N–H and O–H groups in total. The molecule has 0 saturated heterocycles. The smallest absolute Gasteiger partial charge is 0.340 e. The van der Waals surface area contributed by atoms with Gasteiger partial charge in [-0.05, 0) is 36.4 Å². The largest absolute Gasteiger partial charge is 0.416 e. The number of rotatable bonds is 3. The van der Waals surface area contributed by atoms with Gasteiger partial charge in [0, 0.05) is 5.69 Å². The molecule has 3 rings (SSSR count). The van der Waals surface area contributed by atoms with Crippen molar-refractivity contribution >= 4 is 29.1 Å². The number of alkyl halides is 3. The summed E-state index contributed by atoms with van der Waals surface area (Å²) in [6.07, 6.45) is -4.84. The lowest BCUT2D eigenvalue weighted by molar-refractivity contribution is -0.137. The van der Waals surface area contributed by atoms with Crippen molar-refractivity contribution < 1.29 is 27.6 Å². The average molecular weight is 377 g/mol. The molecule has 1 aliphatic heterocycles. The first kappa shape index (κ1) is 18.4. The Hall–Kier alpha value is -3.36. The summed E-state index contributed by atoms with van der Waals surface area (Å²) in [5.41, 5.74) is -0.0764. The lowest BCUT2D eigenvalue weighted by atomic mass is 10.1. The molecule has 1 aliphatic rings. The highest BCUT2D eigenvalue weighted by molar-refractivity contribution is 6.11. The van der Waals surface area contributed by atoms with Gasteiger partial charge in [0.15, 0.2) is 0 Å². The van der Waals surface area contributed by atoms with Gasteiger partial charge in [-0.2, -0.15) is 13.2 Å². The van der Waals surface area contributed by atoms with Gasteiger partial charge in [-0.3, -0.25) is 14.4 Å². The number of anilines is 2. The maximum absolute atomic E-state index is 12.5. The summed E-state index contributed by atoms with van der Waals surface area (Å²) in [7, 11) is 0. The molecule has 6 nitrogen and oxygen atoms in total. The summed E-state index contributed by atoms with van der Waals surface area (Å²) in [5, 5.41) is 7.45. The first-order chi connectivity index (χ1) is 12.7. The average Bonchev–Trinajstić information content (AvgIpc) is 2.71. The van der Waals surface area contributed by atoms with Crippen molar-refractivity contribution in [2.75, 3.05) is 10.6 Å². The molecule has 0 aromatic heterocycles. The Labute approximate surface area is 151 Å². The van der Waals surface area contributed by atoms with Crippen LogP contribution in [-0.2, 0) is 15.8 Å². The van der Waals surface area contributed by atoms with Crippen LogP contribution in [0.1, 0.15) is 22.3 Å². The van der Waals surface area contributed by atoms with Gasteiger partial charge in [0.05, 0.1) is 23.2 Å². The number of benzene rings is 2. The molecule has 27 heavy (non-hydrogen) atoms. The van der Waals surface area contributed by atoms with Crippen molar-refractivity contribution in [3.05, 3.63) is 59.7 Å². The van der Waals surface area contributed by atoms with Crippen LogP contribution in [0.15, 0.2) is 48.5 Å². The van der Waals surface area contributed by atoms with Crippen LogP contribution in [0, 0.1) is 0 Å². The summed E-state index contributed by atoms with van der Waals surface area (Å²) < 4.78 is 37.6. The summed E-state index contributed by atoms with van der Waals surface area (Å²) in [5.74, 6) is -1.69. The first-order valence-electron chi connectivity index (χ1n) is 7.92. The maximum atomic E-state index is 12.5. The summed E-state index contributed by atoms with van der Waals surface area (Å²) in [4.78, 5) is 36.6. The van der Waals surface area contributed by atoms with Crippen molar-refractivity contribution in [3.8, 4) is 0 Å². The Morgan fingerprint density at radius 1 is 1.04 bits per heavy atom. The monoisotopic (exact) mass is 377 g/mol. The Kier molecular flexibility index (Phi) is 4.85. The summed E-state index contributed by atoms with van der Waals surface area (Å²) >= 11 is 0. The number of halogens is 3. The van der Waals surface area contributed by atoms with Gasteiger partial charge in [-0.25, -0.2) is 0 Å². The molecule has 2 aromatic rings. The van der Waals surface area contributed by atoms with Crippen LogP contribution in [0.2, 0.25) is 0 Å². The van der Waals surface area contributed by atoms with Gasteiger partial charge in [-0.15, -0.1) is 0 Å². The van der Waals surface area contributed by atoms with Gasteiger partial charge in [-0.1, -0.05) is 12.1 Å². The highest BCUT2D eigenvalue weighted by atomic mass is 19.4. The Morgan fingerprint density at radius 3 is 2.37 bits per heavy atom. The van der Waals surface area contributed by atoms with Crippen LogP contribution >= 0.6 is 0 Å². The van der Waals surface area contributed by atoms with Crippen LogP contribution in [0.3, 0.4) is 0 Å². The highest BCUT2D eigenvalue weighted by Gasteiger charge is 2.31. The molecule has 0 radical (unpaired) electrons. The van der Waals surface area contributed by atoms with Gasteiger partial charge in [0.1, 0.15) is 6.04 Å². The molecule has 140 valence electrons. The minimum absolute atomic E-state index is 0.150. The van der Waals surface area contributed by atoms with E-state index in [1.165, 1.54) is 6.07 Å². The van der Waals surface area contributed by atoms with E-state index in [9.17, 15) is 27.6 Å². The molecule has 1 unspecified atom stereocenters. The highest BCUT2D eigenvalue weighted by Crippen LogP contribution is 2.29. The third-order valence-corrected chi connectivity index (χ3v) is 3.94. The number of para-hydroxylation sites is 1. The van der Waals surface area contributed by atoms with E-state index in [0.29, 0.717) is 5.69 Å². The minimum Gasteiger partial charge on any atom is -0.340 e. The maximum Gasteiger partial charge on any atom is 0.416 e. The Morgan fingerprint density at radius 2 is 1.70 bits per heavy atom. The number of fused-ring (bicyclic) bond motifs is 1. The van der Waals surface area contributed by atoms with Crippen molar-refractivity contribution in [2.24, 2.45) is 0 Å². The molecule has 1 atom stereocenters. The van der Waals surface area contributed by atoms with E-state index in [4.69, 9.17) is 0 Å². The zero-order chi connectivity index (χ0) is 19.6. The molecule has 9 heteroatoms. The van der Waals surface area contributed by atoms with Gasteiger partial charge in [0.2, 0.25) is 11.8 Å². The van der Waals surface area contributed by atoms with Crippen LogP contribution in [0.25, 0.3) is 0 Å². The van der Waals surface area contributed by atoms with Crippen LogP contribution in [0.4, 0.5) is 24.5 Å². The van der Waals surface area contributed by atoms with E-state index in [2.05, 4.69) is 16.0 Å². The fourth-order valence-electron chi connectivity index (χ4n) is 2.60. The summed E-state index contributed by atoms with van der Waals surface area (Å²) in [6, 6.07) is 9.20. The SMILES string of the molecule is O=C(CC1NC(=O)c2ccccc2NC1=O)Nc1ccc(C(F)(F)F)cc1. The molecule has 3 amide bonds. The van der Waals surface area contributed by atoms with E-state index in [1.54, 1.807) is 18.2 Å². The molecule has 0 spiro atoms. The fourth-order valence-corrected chi connectivity index (χ4v) is 2.60. The molecule has 0 fully saturated rings. The molecular weight excluding hydrogens is 363 g/mol. The van der Waals surface area contributed by atoms with Crippen molar-refractivity contribution in [2.45, 2.75) is 18.6 Å². The van der Waals surface area contributed by atoms with E-state index in [-0.39, 0.29) is 17.7 Å². The quantitative estimate of drug-likeness (QED) is 0.769. The zero-order valence-corrected chi connectivity index (χ0v) is 13.8. The van der Waals surface area contributed by atoms with E-state index < -0.39 is 35.5 Å². The van der Waals surface area contributed by atoms with E-state index in [0.717, 1.165) is 24.3 Å². The lowest BCUT2D eigenvalue weighted by Gasteiger charge is -2.14. The second kappa shape index (κ2) is 7.10. The second-order valence-corrected chi connectivity index (χ2v) is 5.89. The standard InChI is InChI=1S/C18H14F3N3O3/c19-18(20,21)10-5-7-11(8-6-10)22-15(25)9-14-17(27)23-13-4-2-1-3-12(13)16(26)24-14/h1-8,14H,9H2,(H,22,25)(H,23,27)(H,24,26). The molecule has 1 heterocycles. The second-order valence-electron chi connectivity index (χ2n) is 5.89. The number of hydrogen-bond acceptors (Lipinski definition) is 3. The van der Waals surface area contributed by atoms with E-state index >= 15 is 0 Å². The topological polar surface area (TPSA) is 87.3 Å². The van der Waals surface area contributed by atoms with Crippen molar-refractivity contribution in [1.29, 1.82) is 0 Å². The molecule has 0 bridgehead atoms. The fraction of sp³-hybridized carbons (Fsp3) is 0.167. The van der Waals surface area contributed by atoms with Crippen molar-refractivity contribution in [3.63, 3.8) is 0 Å². The lowest BCUT2D eigenvalue weighted by Crippen LogP contribution is -2.43. The predicted molar refractivity (Wildman–Crippen MR) is 91.0 cm³/mol. The van der Waals surface area contributed by atoms with Crippen LogP contribution < -0.4 is 16.0 Å². The molecular formula is C18H14F3N3O3. The molecule has 2 aromatic carbocycles. The number of amides is 3. The van der Waals surface area contributed by atoms with E-state index in [1.807, 2.05) is 0 Å². The third-order valence-electron chi connectivity index (χ3n) is 3.94. The predicted octanol–water partition coefficient (Wildman–Crippen LogP) is 2.78. The number of carbonyl (C=O) groups is 3. The Balaban J connectivity index is 1.66. The first-order valence-corrected chi connectivity index (χ1v) is 7.92. The Bertz CT molecular complexity index is 895. The number of hydrogen-bond donors (Lipinski definition) is 3. The summed E-state index contributed by atoms with van der Waals surface area (Å²) in [6.45, 7) is 0. The van der Waals surface area contributed by atoms with Gasteiger partial charge >= 0.3 is 6.18 Å². The van der Waals surface area contributed by atoms with Gasteiger partial charge < -0.3 is 16.0 Å². The zero-order valence-electron chi connectivity index (χ0n) is 13.8.